The molecule has 2 amide bonds. The van der Waals surface area contributed by atoms with Crippen LogP contribution in [0.2, 0.25) is 0 Å². The number of amides is 2. The van der Waals surface area contributed by atoms with E-state index in [9.17, 15) is 18.0 Å². The first-order valence-electron chi connectivity index (χ1n) is 14.6. The molecule has 0 aliphatic rings. The highest BCUT2D eigenvalue weighted by Crippen LogP contribution is 2.26. The van der Waals surface area contributed by atoms with E-state index in [0.717, 1.165) is 31.0 Å². The number of nitrogens with one attached hydrogen (secondary N) is 1. The molecule has 0 saturated carbocycles. The second kappa shape index (κ2) is 15.3. The van der Waals surface area contributed by atoms with Gasteiger partial charge in [0.15, 0.2) is 0 Å². The summed E-state index contributed by atoms with van der Waals surface area (Å²) in [5, 5.41) is 3.06. The summed E-state index contributed by atoms with van der Waals surface area (Å²) in [4.78, 5) is 30.0. The molecular weight excluding hydrogens is 685 g/mol. The first-order valence-corrected chi connectivity index (χ1v) is 17.1. The molecule has 0 aromatic heterocycles. The number of aryl methyl sites for hydroxylation is 1. The normalized spacial score (nSPS) is 12.6. The lowest BCUT2D eigenvalue weighted by molar-refractivity contribution is -0.140. The number of carbonyl (C=O) groups is 2. The molecule has 2 atom stereocenters. The Kier molecular flexibility index (Phi) is 11.6. The van der Waals surface area contributed by atoms with E-state index >= 15 is 0 Å². The number of hydrogen-bond donors (Lipinski definition) is 1. The van der Waals surface area contributed by atoms with E-state index in [1.165, 1.54) is 17.0 Å². The monoisotopic (exact) mass is 723 g/mol. The lowest BCUT2D eigenvalue weighted by atomic mass is 10.0. The topological polar surface area (TPSA) is 86.8 Å². The zero-order valence-corrected chi connectivity index (χ0v) is 28.2. The van der Waals surface area contributed by atoms with Crippen LogP contribution in [0.5, 0.6) is 0 Å². The van der Waals surface area contributed by atoms with Crippen molar-refractivity contribution in [3.63, 3.8) is 0 Å². The molecule has 0 spiro atoms. The van der Waals surface area contributed by atoms with Gasteiger partial charge in [-0.05, 0) is 90.4 Å². The summed E-state index contributed by atoms with van der Waals surface area (Å²) in [6.45, 7) is 5.54. The number of hydrogen-bond acceptors (Lipinski definition) is 4. The van der Waals surface area contributed by atoms with Gasteiger partial charge in [0.2, 0.25) is 11.8 Å². The van der Waals surface area contributed by atoms with Crippen molar-refractivity contribution in [1.82, 2.24) is 10.2 Å². The van der Waals surface area contributed by atoms with Crippen LogP contribution in [0.25, 0.3) is 0 Å². The summed E-state index contributed by atoms with van der Waals surface area (Å²) in [6.07, 6.45) is 1.00. The Morgan fingerprint density at radius 1 is 0.841 bits per heavy atom. The maximum atomic E-state index is 14.5. The van der Waals surface area contributed by atoms with E-state index in [1.807, 2.05) is 75.4 Å². The van der Waals surface area contributed by atoms with Crippen LogP contribution in [0, 0.1) is 10.5 Å². The molecule has 0 unspecified atom stereocenters. The Morgan fingerprint density at radius 3 is 2.07 bits per heavy atom. The van der Waals surface area contributed by atoms with Gasteiger partial charge in [-0.3, -0.25) is 13.9 Å². The van der Waals surface area contributed by atoms with Crippen LogP contribution in [0.15, 0.2) is 114 Å². The Hall–Kier alpha value is -3.70. The molecule has 0 aliphatic carbocycles. The van der Waals surface area contributed by atoms with Gasteiger partial charge in [0, 0.05) is 22.6 Å². The van der Waals surface area contributed by atoms with E-state index in [-0.39, 0.29) is 29.8 Å². The Bertz CT molecular complexity index is 1650. The van der Waals surface area contributed by atoms with E-state index in [0.29, 0.717) is 5.69 Å². The molecule has 1 N–H and O–H groups in total. The predicted octanol–water partition coefficient (Wildman–Crippen LogP) is 6.35. The van der Waals surface area contributed by atoms with Crippen molar-refractivity contribution in [2.75, 3.05) is 10.8 Å². The molecule has 0 fully saturated rings. The van der Waals surface area contributed by atoms with Gasteiger partial charge >= 0.3 is 0 Å². The number of sulfonamides is 1. The lowest BCUT2D eigenvalue weighted by Crippen LogP contribution is -2.54. The summed E-state index contributed by atoms with van der Waals surface area (Å²) in [7, 11) is -4.12. The molecular formula is C35H38IN3O4S. The van der Waals surface area contributed by atoms with Crippen molar-refractivity contribution in [3.05, 3.63) is 129 Å². The van der Waals surface area contributed by atoms with Crippen LogP contribution in [0.4, 0.5) is 5.69 Å². The minimum atomic E-state index is -4.12. The summed E-state index contributed by atoms with van der Waals surface area (Å²) >= 11 is 2.15. The van der Waals surface area contributed by atoms with E-state index < -0.39 is 28.5 Å². The lowest BCUT2D eigenvalue weighted by Gasteiger charge is -2.34. The van der Waals surface area contributed by atoms with E-state index in [4.69, 9.17) is 0 Å². The highest BCUT2D eigenvalue weighted by atomic mass is 127. The van der Waals surface area contributed by atoms with Crippen LogP contribution < -0.4 is 9.62 Å². The largest absolute Gasteiger partial charge is 0.352 e. The third-order valence-electron chi connectivity index (χ3n) is 7.43. The van der Waals surface area contributed by atoms with Crippen LogP contribution in [-0.2, 0) is 32.6 Å². The highest BCUT2D eigenvalue weighted by molar-refractivity contribution is 14.1. The first kappa shape index (κ1) is 33.2. The molecule has 7 nitrogen and oxygen atoms in total. The van der Waals surface area contributed by atoms with Crippen molar-refractivity contribution >= 4 is 50.1 Å². The Labute approximate surface area is 274 Å². The number of carbonyl (C=O) groups excluding carboxylic acids is 2. The number of halogens is 1. The van der Waals surface area contributed by atoms with Gasteiger partial charge in [-0.1, -0.05) is 85.3 Å². The summed E-state index contributed by atoms with van der Waals surface area (Å²) in [6, 6.07) is 31.4. The standard InChI is InChI=1S/C35H38IN3O4S/c1-4-27(3)37-35(41)33(23-28-13-7-5-8-14-28)38(24-29-15-11-12-26(2)22-29)34(40)25-39(31-20-18-30(36)19-21-31)44(42,43)32-16-9-6-10-17-32/h5-22,27,33H,4,23-25H2,1-3H3,(H,37,41)/t27-,33-/m1/s1. The number of nitrogens with zero attached hydrogens (tertiary/aromatic N) is 2. The van der Waals surface area contributed by atoms with Crippen LogP contribution in [0.1, 0.15) is 37.0 Å². The van der Waals surface area contributed by atoms with E-state index in [1.54, 1.807) is 42.5 Å². The van der Waals surface area contributed by atoms with Gasteiger partial charge < -0.3 is 10.2 Å². The molecule has 4 aromatic carbocycles. The minimum Gasteiger partial charge on any atom is -0.352 e. The molecule has 4 rings (SSSR count). The van der Waals surface area contributed by atoms with Crippen LogP contribution >= 0.6 is 22.6 Å². The molecule has 0 saturated heterocycles. The molecule has 9 heteroatoms. The average Bonchev–Trinajstić information content (AvgIpc) is 3.02. The molecule has 44 heavy (non-hydrogen) atoms. The first-order chi connectivity index (χ1) is 21.1. The van der Waals surface area contributed by atoms with Crippen molar-refractivity contribution in [1.29, 1.82) is 0 Å². The van der Waals surface area contributed by atoms with Gasteiger partial charge in [0.25, 0.3) is 10.0 Å². The molecule has 0 bridgehead atoms. The summed E-state index contributed by atoms with van der Waals surface area (Å²) in [5.41, 5.74) is 3.12. The zero-order valence-electron chi connectivity index (χ0n) is 25.2. The zero-order chi connectivity index (χ0) is 31.7. The molecule has 0 heterocycles. The maximum absolute atomic E-state index is 14.5. The van der Waals surface area contributed by atoms with Crippen molar-refractivity contribution in [3.8, 4) is 0 Å². The fourth-order valence-corrected chi connectivity index (χ4v) is 6.65. The van der Waals surface area contributed by atoms with Crippen molar-refractivity contribution in [2.24, 2.45) is 0 Å². The second-order valence-electron chi connectivity index (χ2n) is 10.8. The molecule has 0 aliphatic heterocycles. The van der Waals surface area contributed by atoms with Gasteiger partial charge in [0.05, 0.1) is 10.6 Å². The summed E-state index contributed by atoms with van der Waals surface area (Å²) in [5.74, 6) is -0.763. The SMILES string of the molecule is CC[C@@H](C)NC(=O)[C@@H](Cc1ccccc1)N(Cc1cccc(C)c1)C(=O)CN(c1ccc(I)cc1)S(=O)(=O)c1ccccc1. The minimum absolute atomic E-state index is 0.0759. The van der Waals surface area contributed by atoms with Crippen LogP contribution in [-0.4, -0.2) is 43.8 Å². The fourth-order valence-electron chi connectivity index (χ4n) is 4.86. The van der Waals surface area contributed by atoms with E-state index in [2.05, 4.69) is 27.9 Å². The molecule has 4 aromatic rings. The molecule has 0 radical (unpaired) electrons. The number of rotatable bonds is 13. The second-order valence-corrected chi connectivity index (χ2v) is 13.9. The van der Waals surface area contributed by atoms with Gasteiger partial charge in [0.1, 0.15) is 12.6 Å². The predicted molar refractivity (Wildman–Crippen MR) is 184 cm³/mol. The Balaban J connectivity index is 1.80. The molecule has 230 valence electrons. The average molecular weight is 724 g/mol. The summed E-state index contributed by atoms with van der Waals surface area (Å²) < 4.78 is 30.1. The van der Waals surface area contributed by atoms with Gasteiger partial charge in [-0.2, -0.15) is 0 Å². The van der Waals surface area contributed by atoms with Gasteiger partial charge in [-0.15, -0.1) is 0 Å². The van der Waals surface area contributed by atoms with Crippen LogP contribution in [0.3, 0.4) is 0 Å². The van der Waals surface area contributed by atoms with Crippen molar-refractivity contribution < 1.29 is 18.0 Å². The maximum Gasteiger partial charge on any atom is 0.264 e. The quantitative estimate of drug-likeness (QED) is 0.163. The van der Waals surface area contributed by atoms with Crippen molar-refractivity contribution in [2.45, 2.75) is 57.1 Å². The van der Waals surface area contributed by atoms with Gasteiger partial charge in [-0.25, -0.2) is 8.42 Å². The smallest absolute Gasteiger partial charge is 0.264 e. The third-order valence-corrected chi connectivity index (χ3v) is 9.94. The third kappa shape index (κ3) is 8.69. The fraction of sp³-hybridized carbons (Fsp3) is 0.257. The number of benzene rings is 4. The number of anilines is 1. The highest BCUT2D eigenvalue weighted by Gasteiger charge is 2.35. The Morgan fingerprint density at radius 2 is 1.45 bits per heavy atom.